The number of carbonyl (C=O) groups excluding carboxylic acids is 1. The third kappa shape index (κ3) is 61.5. The number of hydrogen-bond donors (Lipinski definition) is 3. The molecule has 430 valence electrons. The molecule has 75 heavy (non-hydrogen) atoms. The Hall–Kier alpha value is -3.21. The summed E-state index contributed by atoms with van der Waals surface area (Å²) >= 11 is 0. The molecule has 4 heteroatoms. The summed E-state index contributed by atoms with van der Waals surface area (Å²) in [6.07, 6.45) is 99.6. The fourth-order valence-corrected chi connectivity index (χ4v) is 9.35. The Bertz CT molecular complexity index is 1460. The molecule has 2 atom stereocenters. The van der Waals surface area contributed by atoms with Crippen molar-refractivity contribution in [2.24, 2.45) is 0 Å². The predicted molar refractivity (Wildman–Crippen MR) is 336 cm³/mol. The third-order valence-corrected chi connectivity index (χ3v) is 14.2. The summed E-state index contributed by atoms with van der Waals surface area (Å²) in [4.78, 5) is 12.5. The van der Waals surface area contributed by atoms with Gasteiger partial charge in [0.2, 0.25) is 5.91 Å². The Labute approximate surface area is 467 Å². The van der Waals surface area contributed by atoms with Gasteiger partial charge in [-0.05, 0) is 89.9 Å². The van der Waals surface area contributed by atoms with Crippen LogP contribution in [0.2, 0.25) is 0 Å². The van der Waals surface area contributed by atoms with Gasteiger partial charge in [-0.15, -0.1) is 0 Å². The molecule has 0 rings (SSSR count). The van der Waals surface area contributed by atoms with E-state index < -0.39 is 12.1 Å². The highest BCUT2D eigenvalue weighted by molar-refractivity contribution is 5.76. The molecule has 0 spiro atoms. The van der Waals surface area contributed by atoms with Gasteiger partial charge in [0.05, 0.1) is 18.8 Å². The van der Waals surface area contributed by atoms with Gasteiger partial charge in [-0.3, -0.25) is 4.79 Å². The lowest BCUT2D eigenvalue weighted by Crippen LogP contribution is -2.45. The first-order valence-electron chi connectivity index (χ1n) is 32.2. The Morgan fingerprint density at radius 2 is 0.587 bits per heavy atom. The highest BCUT2D eigenvalue weighted by Gasteiger charge is 2.18. The van der Waals surface area contributed by atoms with Crippen molar-refractivity contribution in [3.05, 3.63) is 122 Å². The number of amides is 1. The van der Waals surface area contributed by atoms with E-state index in [0.717, 1.165) is 83.5 Å². The molecule has 1 amide bonds. The zero-order chi connectivity index (χ0) is 54.1. The van der Waals surface area contributed by atoms with Crippen molar-refractivity contribution in [1.82, 2.24) is 5.32 Å². The van der Waals surface area contributed by atoms with Gasteiger partial charge in [-0.25, -0.2) is 0 Å². The van der Waals surface area contributed by atoms with Crippen molar-refractivity contribution in [2.75, 3.05) is 6.61 Å². The van der Waals surface area contributed by atoms with Crippen LogP contribution in [0.25, 0.3) is 0 Å². The van der Waals surface area contributed by atoms with Crippen LogP contribution >= 0.6 is 0 Å². The summed E-state index contributed by atoms with van der Waals surface area (Å²) in [7, 11) is 0. The molecule has 0 saturated carbocycles. The van der Waals surface area contributed by atoms with Crippen LogP contribution in [0.3, 0.4) is 0 Å². The maximum atomic E-state index is 12.5. The number of allylic oxidation sites excluding steroid dienone is 19. The molecule has 0 aromatic heterocycles. The maximum absolute atomic E-state index is 12.5. The number of hydrogen-bond acceptors (Lipinski definition) is 3. The molecular weight excluding hydrogens is 915 g/mol. The molecule has 0 aromatic rings. The largest absolute Gasteiger partial charge is 0.394 e. The first-order valence-corrected chi connectivity index (χ1v) is 32.2. The monoisotopic (exact) mass is 1040 g/mol. The first-order chi connectivity index (χ1) is 37.2. The van der Waals surface area contributed by atoms with Crippen molar-refractivity contribution < 1.29 is 15.0 Å². The van der Waals surface area contributed by atoms with Gasteiger partial charge < -0.3 is 15.5 Å². The minimum Gasteiger partial charge on any atom is -0.394 e. The van der Waals surface area contributed by atoms with Crippen LogP contribution < -0.4 is 5.32 Å². The van der Waals surface area contributed by atoms with Crippen LogP contribution in [0.1, 0.15) is 303 Å². The normalized spacial score (nSPS) is 13.6. The highest BCUT2D eigenvalue weighted by Crippen LogP contribution is 2.17. The zero-order valence-corrected chi connectivity index (χ0v) is 49.5. The Balaban J connectivity index is 3.56. The van der Waals surface area contributed by atoms with E-state index in [9.17, 15) is 15.0 Å². The van der Waals surface area contributed by atoms with E-state index >= 15 is 0 Å². The van der Waals surface area contributed by atoms with Crippen LogP contribution in [-0.2, 0) is 4.79 Å². The molecule has 0 fully saturated rings. The van der Waals surface area contributed by atoms with Gasteiger partial charge in [-0.1, -0.05) is 328 Å². The average Bonchev–Trinajstić information content (AvgIpc) is 3.41. The van der Waals surface area contributed by atoms with Crippen LogP contribution in [0.15, 0.2) is 122 Å². The van der Waals surface area contributed by atoms with E-state index in [4.69, 9.17) is 0 Å². The van der Waals surface area contributed by atoms with Crippen LogP contribution in [0.5, 0.6) is 0 Å². The molecule has 2 unspecified atom stereocenters. The second-order valence-electron chi connectivity index (χ2n) is 21.5. The minimum atomic E-state index is -0.849. The maximum Gasteiger partial charge on any atom is 0.220 e. The number of aliphatic hydroxyl groups excluding tert-OH is 2. The summed E-state index contributed by atoms with van der Waals surface area (Å²) in [6, 6.07) is -0.633. The second kappa shape index (κ2) is 65.1. The second-order valence-corrected chi connectivity index (χ2v) is 21.5. The Morgan fingerprint density at radius 3 is 0.880 bits per heavy atom. The standard InChI is InChI=1S/C71H123NO3/c1-3-5-7-9-11-13-15-17-19-21-23-25-27-29-30-31-32-33-34-35-36-37-38-39-40-41-42-43-45-47-49-51-53-55-57-59-61-63-65-67-71(75)72-69(68-73)70(74)66-64-62-60-58-56-54-52-50-48-46-44-28-26-24-22-20-18-16-14-12-10-8-6-4-2/h5,7,11,13,17,19,23,25,29-30,32-33,35-36,38-39,41-42,64,66,69-70,73-74H,3-4,6,8-10,12,14-16,18,20-22,24,26-28,31,34,37,40,43-63,65,67-68H2,1-2H3,(H,72,75)/b7-5-,13-11-,19-17-,25-23-,30-29-,33-32-,36-35-,39-38-,42-41-,66-64+. The fourth-order valence-electron chi connectivity index (χ4n) is 9.35. The zero-order valence-electron chi connectivity index (χ0n) is 49.5. The summed E-state index contributed by atoms with van der Waals surface area (Å²) in [5, 5.41) is 23.3. The summed E-state index contributed by atoms with van der Waals surface area (Å²) < 4.78 is 0. The molecule has 0 radical (unpaired) electrons. The number of rotatable bonds is 58. The molecule has 0 aliphatic carbocycles. The van der Waals surface area contributed by atoms with Crippen molar-refractivity contribution in [3.8, 4) is 0 Å². The number of nitrogens with one attached hydrogen (secondary N) is 1. The van der Waals surface area contributed by atoms with Gasteiger partial charge in [0.25, 0.3) is 0 Å². The highest BCUT2D eigenvalue weighted by atomic mass is 16.3. The van der Waals surface area contributed by atoms with Gasteiger partial charge in [0.1, 0.15) is 0 Å². The molecule has 0 aliphatic heterocycles. The number of aliphatic hydroxyl groups is 2. The van der Waals surface area contributed by atoms with Crippen LogP contribution in [0, 0.1) is 0 Å². The van der Waals surface area contributed by atoms with Crippen molar-refractivity contribution in [2.45, 2.75) is 315 Å². The van der Waals surface area contributed by atoms with E-state index in [2.05, 4.69) is 129 Å². The minimum absolute atomic E-state index is 0.0687. The lowest BCUT2D eigenvalue weighted by molar-refractivity contribution is -0.123. The Morgan fingerprint density at radius 1 is 0.333 bits per heavy atom. The quantitative estimate of drug-likeness (QED) is 0.0420. The molecule has 3 N–H and O–H groups in total. The van der Waals surface area contributed by atoms with Crippen molar-refractivity contribution in [3.63, 3.8) is 0 Å². The number of unbranched alkanes of at least 4 members (excludes halogenated alkanes) is 33. The summed E-state index contributed by atoms with van der Waals surface area (Å²) in [5.74, 6) is -0.0687. The summed E-state index contributed by atoms with van der Waals surface area (Å²) in [5.41, 5.74) is 0. The van der Waals surface area contributed by atoms with Crippen LogP contribution in [-0.4, -0.2) is 34.9 Å². The van der Waals surface area contributed by atoms with Crippen LogP contribution in [0.4, 0.5) is 0 Å². The number of carbonyl (C=O) groups is 1. The van der Waals surface area contributed by atoms with E-state index in [1.165, 1.54) is 199 Å². The lowest BCUT2D eigenvalue weighted by Gasteiger charge is -2.20. The third-order valence-electron chi connectivity index (χ3n) is 14.2. The molecule has 0 saturated heterocycles. The summed E-state index contributed by atoms with van der Waals surface area (Å²) in [6.45, 7) is 4.21. The SMILES string of the molecule is CC/C=C\C/C=C\C/C=C\C/C=C\C/C=C\C/C=C\C/C=C\C/C=C\C/C=C\CCCCCCCCCCCCCC(=O)NC(CO)C(O)/C=C/CCCCCCCCCCCCCCCCCCCCCCCC. The van der Waals surface area contributed by atoms with Gasteiger partial charge in [0, 0.05) is 6.42 Å². The Kier molecular flexibility index (Phi) is 62.3. The molecule has 4 nitrogen and oxygen atoms in total. The van der Waals surface area contributed by atoms with E-state index in [-0.39, 0.29) is 12.5 Å². The van der Waals surface area contributed by atoms with Gasteiger partial charge in [-0.2, -0.15) is 0 Å². The molecule has 0 heterocycles. The molecular formula is C71H123NO3. The average molecular weight is 1040 g/mol. The molecule has 0 aromatic carbocycles. The molecule has 0 aliphatic rings. The fraction of sp³-hybridized carbons (Fsp3) is 0.704. The van der Waals surface area contributed by atoms with E-state index in [1.54, 1.807) is 6.08 Å². The smallest absolute Gasteiger partial charge is 0.220 e. The molecule has 0 bridgehead atoms. The van der Waals surface area contributed by atoms with E-state index in [1.807, 2.05) is 6.08 Å². The van der Waals surface area contributed by atoms with Crippen molar-refractivity contribution in [1.29, 1.82) is 0 Å². The van der Waals surface area contributed by atoms with E-state index in [0.29, 0.717) is 6.42 Å². The van der Waals surface area contributed by atoms with Gasteiger partial charge in [0.15, 0.2) is 0 Å². The van der Waals surface area contributed by atoms with Gasteiger partial charge >= 0.3 is 0 Å². The first kappa shape index (κ1) is 71.8. The van der Waals surface area contributed by atoms with Crippen molar-refractivity contribution >= 4 is 5.91 Å². The predicted octanol–water partition coefficient (Wildman–Crippen LogP) is 22.0. The lowest BCUT2D eigenvalue weighted by atomic mass is 10.0. The topological polar surface area (TPSA) is 69.6 Å².